The normalized spacial score (nSPS) is 19.2. The van der Waals surface area contributed by atoms with Crippen molar-refractivity contribution in [2.75, 3.05) is 0 Å². The summed E-state index contributed by atoms with van der Waals surface area (Å²) in [6.07, 6.45) is -0.148. The zero-order valence-corrected chi connectivity index (χ0v) is 9.53. The van der Waals surface area contributed by atoms with Crippen LogP contribution in [0.15, 0.2) is 12.1 Å². The molecule has 16 heavy (non-hydrogen) atoms. The molecule has 2 N–H and O–H groups in total. The molecule has 1 heterocycles. The van der Waals surface area contributed by atoms with Gasteiger partial charge in [0.2, 0.25) is 0 Å². The Morgan fingerprint density at radius 2 is 2.19 bits per heavy atom. The zero-order valence-electron chi connectivity index (χ0n) is 8.77. The number of aromatic nitrogens is 1. The summed E-state index contributed by atoms with van der Waals surface area (Å²) >= 11 is 5.99. The van der Waals surface area contributed by atoms with Gasteiger partial charge < -0.3 is 10.2 Å². The van der Waals surface area contributed by atoms with E-state index in [2.05, 4.69) is 4.98 Å². The molecule has 0 aliphatic heterocycles. The zero-order chi connectivity index (χ0) is 11.9. The molecule has 0 radical (unpaired) electrons. The van der Waals surface area contributed by atoms with Crippen LogP contribution in [-0.2, 0) is 10.2 Å². The molecule has 0 saturated heterocycles. The van der Waals surface area contributed by atoms with E-state index in [1.165, 1.54) is 0 Å². The molecule has 0 amide bonds. The monoisotopic (exact) mass is 241 g/mol. The lowest BCUT2D eigenvalue weighted by molar-refractivity contribution is -0.148. The van der Waals surface area contributed by atoms with Gasteiger partial charge in [0.1, 0.15) is 5.15 Å². The van der Waals surface area contributed by atoms with Crippen molar-refractivity contribution in [2.45, 2.75) is 31.3 Å². The maximum Gasteiger partial charge on any atom is 0.333 e. The molecule has 2 rings (SSSR count). The first-order valence-electron chi connectivity index (χ1n) is 5.02. The highest BCUT2D eigenvalue weighted by Gasteiger charge is 2.54. The molecule has 1 fully saturated rings. The highest BCUT2D eigenvalue weighted by molar-refractivity contribution is 6.30. The molecule has 1 aliphatic rings. The molecular formula is C11H12ClNO3. The van der Waals surface area contributed by atoms with Crippen molar-refractivity contribution < 1.29 is 15.0 Å². The Morgan fingerprint density at radius 1 is 1.56 bits per heavy atom. The molecule has 1 aromatic heterocycles. The van der Waals surface area contributed by atoms with Gasteiger partial charge in [-0.15, -0.1) is 0 Å². The van der Waals surface area contributed by atoms with Crippen LogP contribution in [0.4, 0.5) is 0 Å². The number of aryl methyl sites for hydroxylation is 1. The van der Waals surface area contributed by atoms with Crippen LogP contribution in [0.1, 0.15) is 24.1 Å². The van der Waals surface area contributed by atoms with Gasteiger partial charge in [0.25, 0.3) is 0 Å². The van der Waals surface area contributed by atoms with Crippen LogP contribution in [0, 0.1) is 6.92 Å². The highest BCUT2D eigenvalue weighted by Crippen LogP contribution is 2.52. The lowest BCUT2D eigenvalue weighted by Crippen LogP contribution is -2.34. The van der Waals surface area contributed by atoms with Crippen LogP contribution in [0.25, 0.3) is 0 Å². The quantitative estimate of drug-likeness (QED) is 0.788. The van der Waals surface area contributed by atoms with E-state index in [-0.39, 0.29) is 5.15 Å². The number of rotatable bonds is 3. The summed E-state index contributed by atoms with van der Waals surface area (Å²) in [4.78, 5) is 14.9. The van der Waals surface area contributed by atoms with E-state index in [0.717, 1.165) is 5.69 Å². The van der Waals surface area contributed by atoms with Gasteiger partial charge in [0.15, 0.2) is 6.10 Å². The number of carbonyl (C=O) groups is 1. The first-order chi connectivity index (χ1) is 7.47. The second kappa shape index (κ2) is 3.71. The average molecular weight is 242 g/mol. The van der Waals surface area contributed by atoms with Crippen molar-refractivity contribution in [3.8, 4) is 0 Å². The SMILES string of the molecule is Cc1ccc(C2(C(O)C(=O)O)CC2)c(Cl)n1. The highest BCUT2D eigenvalue weighted by atomic mass is 35.5. The van der Waals surface area contributed by atoms with E-state index >= 15 is 0 Å². The minimum Gasteiger partial charge on any atom is -0.479 e. The fourth-order valence-electron chi connectivity index (χ4n) is 1.96. The summed E-state index contributed by atoms with van der Waals surface area (Å²) in [6, 6.07) is 3.53. The number of aliphatic hydroxyl groups is 1. The number of hydrogen-bond acceptors (Lipinski definition) is 3. The third-order valence-corrected chi connectivity index (χ3v) is 3.36. The number of hydrogen-bond donors (Lipinski definition) is 2. The van der Waals surface area contributed by atoms with Gasteiger partial charge in [-0.3, -0.25) is 0 Å². The molecule has 1 atom stereocenters. The summed E-state index contributed by atoms with van der Waals surface area (Å²) in [7, 11) is 0. The van der Waals surface area contributed by atoms with Gasteiger partial charge >= 0.3 is 5.97 Å². The van der Waals surface area contributed by atoms with Crippen LogP contribution >= 0.6 is 11.6 Å². The van der Waals surface area contributed by atoms with Gasteiger partial charge in [0, 0.05) is 11.1 Å². The van der Waals surface area contributed by atoms with Crippen molar-refractivity contribution >= 4 is 17.6 Å². The second-order valence-electron chi connectivity index (χ2n) is 4.19. The molecule has 1 aromatic rings. The van der Waals surface area contributed by atoms with Gasteiger partial charge in [-0.05, 0) is 31.4 Å². The molecule has 1 aliphatic carbocycles. The number of carboxylic acids is 1. The van der Waals surface area contributed by atoms with E-state index in [1.54, 1.807) is 12.1 Å². The van der Waals surface area contributed by atoms with Crippen molar-refractivity contribution in [2.24, 2.45) is 0 Å². The minimum absolute atomic E-state index is 0.290. The second-order valence-corrected chi connectivity index (χ2v) is 4.55. The van der Waals surface area contributed by atoms with Crippen LogP contribution in [0.5, 0.6) is 0 Å². The largest absolute Gasteiger partial charge is 0.479 e. The Kier molecular flexibility index (Phi) is 2.64. The maximum absolute atomic E-state index is 10.8. The van der Waals surface area contributed by atoms with E-state index in [4.69, 9.17) is 16.7 Å². The summed E-state index contributed by atoms with van der Waals surface area (Å²) in [6.45, 7) is 1.81. The first-order valence-corrected chi connectivity index (χ1v) is 5.40. The van der Waals surface area contributed by atoms with Crippen molar-refractivity contribution in [3.05, 3.63) is 28.5 Å². The van der Waals surface area contributed by atoms with Crippen LogP contribution in [0.3, 0.4) is 0 Å². The van der Waals surface area contributed by atoms with Crippen LogP contribution in [0.2, 0.25) is 5.15 Å². The van der Waals surface area contributed by atoms with Gasteiger partial charge in [0.05, 0.1) is 0 Å². The predicted octanol–water partition coefficient (Wildman–Crippen LogP) is 1.52. The Hall–Kier alpha value is -1.13. The number of nitrogens with zero attached hydrogens (tertiary/aromatic N) is 1. The van der Waals surface area contributed by atoms with Gasteiger partial charge in [-0.1, -0.05) is 17.7 Å². The van der Waals surface area contributed by atoms with E-state index < -0.39 is 17.5 Å². The fourth-order valence-corrected chi connectivity index (χ4v) is 2.34. The topological polar surface area (TPSA) is 70.4 Å². The molecule has 1 saturated carbocycles. The predicted molar refractivity (Wildman–Crippen MR) is 58.5 cm³/mol. The summed E-state index contributed by atoms with van der Waals surface area (Å²) < 4.78 is 0. The minimum atomic E-state index is -1.41. The first kappa shape index (κ1) is 11.4. The maximum atomic E-state index is 10.8. The average Bonchev–Trinajstić information content (AvgIpc) is 2.97. The third-order valence-electron chi connectivity index (χ3n) is 3.07. The molecular weight excluding hydrogens is 230 g/mol. The standard InChI is InChI=1S/C11H12ClNO3/c1-6-2-3-7(9(12)13-6)11(4-5-11)8(14)10(15)16/h2-3,8,14H,4-5H2,1H3,(H,15,16). The lowest BCUT2D eigenvalue weighted by Gasteiger charge is -2.20. The molecule has 86 valence electrons. The summed E-state index contributed by atoms with van der Waals surface area (Å²) in [5.74, 6) is -1.21. The molecule has 4 nitrogen and oxygen atoms in total. The Bertz CT molecular complexity index is 443. The number of aliphatic carboxylic acids is 1. The Morgan fingerprint density at radius 3 is 2.62 bits per heavy atom. The number of carboxylic acid groups (broad SMARTS) is 1. The number of halogens is 1. The summed E-state index contributed by atoms with van der Waals surface area (Å²) in [5.41, 5.74) is 0.674. The van der Waals surface area contributed by atoms with Crippen molar-refractivity contribution in [1.29, 1.82) is 0 Å². The fraction of sp³-hybridized carbons (Fsp3) is 0.455. The van der Waals surface area contributed by atoms with E-state index in [9.17, 15) is 9.90 Å². The molecule has 0 bridgehead atoms. The lowest BCUT2D eigenvalue weighted by atomic mass is 9.91. The number of aliphatic hydroxyl groups excluding tert-OH is 1. The molecule has 0 spiro atoms. The molecule has 0 aromatic carbocycles. The number of pyridine rings is 1. The van der Waals surface area contributed by atoms with Gasteiger partial charge in [-0.2, -0.15) is 0 Å². The molecule has 1 unspecified atom stereocenters. The Balaban J connectivity index is 2.40. The smallest absolute Gasteiger partial charge is 0.333 e. The third kappa shape index (κ3) is 1.68. The van der Waals surface area contributed by atoms with Crippen molar-refractivity contribution in [3.63, 3.8) is 0 Å². The van der Waals surface area contributed by atoms with Crippen molar-refractivity contribution in [1.82, 2.24) is 4.98 Å². The summed E-state index contributed by atoms with van der Waals surface area (Å²) in [5, 5.41) is 18.8. The van der Waals surface area contributed by atoms with Crippen LogP contribution in [-0.4, -0.2) is 27.3 Å². The Labute approximate surface area is 97.9 Å². The van der Waals surface area contributed by atoms with E-state index in [0.29, 0.717) is 18.4 Å². The van der Waals surface area contributed by atoms with Gasteiger partial charge in [-0.25, -0.2) is 9.78 Å². The van der Waals surface area contributed by atoms with Crippen LogP contribution < -0.4 is 0 Å². The van der Waals surface area contributed by atoms with E-state index in [1.807, 2.05) is 6.92 Å². The molecule has 5 heteroatoms.